The molecule has 172 valence electrons. The average molecular weight is 471 g/mol. The Morgan fingerprint density at radius 1 is 1.09 bits per heavy atom. The van der Waals surface area contributed by atoms with Crippen LogP contribution in [0.4, 0.5) is 5.13 Å². The summed E-state index contributed by atoms with van der Waals surface area (Å²) >= 11 is 1.29. The van der Waals surface area contributed by atoms with Crippen LogP contribution < -0.4 is 20.1 Å². The molecule has 0 unspecified atom stereocenters. The second-order valence-electron chi connectivity index (χ2n) is 7.18. The number of hydrogen-bond acceptors (Lipinski definition) is 8. The molecule has 0 spiro atoms. The van der Waals surface area contributed by atoms with Gasteiger partial charge in [0.15, 0.2) is 16.6 Å². The lowest BCUT2D eigenvalue weighted by molar-refractivity contribution is -0.137. The van der Waals surface area contributed by atoms with Gasteiger partial charge in [-0.05, 0) is 29.8 Å². The molecule has 0 atom stereocenters. The van der Waals surface area contributed by atoms with E-state index in [2.05, 4.69) is 15.6 Å². The third kappa shape index (κ3) is 6.32. The fourth-order valence-corrected chi connectivity index (χ4v) is 3.71. The Bertz CT molecular complexity index is 1100. The Kier molecular flexibility index (Phi) is 7.20. The number of fused-ring (bicyclic) bond motifs is 1. The molecule has 1 aliphatic heterocycles. The number of hydrogen-bond donors (Lipinski definition) is 2. The standard InChI is InChI=1S/C22H22N4O6S/c27-19(25-22-23-7-9-33-22)5-6-21(29)26(13-20(28)24-11-16-2-1-8-30-16)12-15-3-4-17-18(10-15)32-14-31-17/h1-4,7-10H,5-6,11-14H2,(H,24,28)(H,23,25,27). The number of furan rings is 1. The molecule has 3 heterocycles. The largest absolute Gasteiger partial charge is 0.467 e. The molecule has 3 aromatic rings. The van der Waals surface area contributed by atoms with E-state index in [1.807, 2.05) is 6.07 Å². The summed E-state index contributed by atoms with van der Waals surface area (Å²) in [5, 5.41) is 7.60. The minimum absolute atomic E-state index is 0.0237. The predicted octanol–water partition coefficient (Wildman–Crippen LogP) is 2.53. The van der Waals surface area contributed by atoms with Crippen molar-refractivity contribution in [2.45, 2.75) is 25.9 Å². The molecule has 3 amide bonds. The Balaban J connectivity index is 1.37. The van der Waals surface area contributed by atoms with Crippen LogP contribution in [0.25, 0.3) is 0 Å². The molecule has 1 aliphatic rings. The first-order chi connectivity index (χ1) is 16.1. The fourth-order valence-electron chi connectivity index (χ4n) is 3.17. The number of benzene rings is 1. The van der Waals surface area contributed by atoms with Gasteiger partial charge in [-0.3, -0.25) is 14.4 Å². The summed E-state index contributed by atoms with van der Waals surface area (Å²) in [6.45, 7) is 0.374. The highest BCUT2D eigenvalue weighted by Gasteiger charge is 2.21. The number of anilines is 1. The lowest BCUT2D eigenvalue weighted by atomic mass is 10.1. The second-order valence-corrected chi connectivity index (χ2v) is 8.07. The number of ether oxygens (including phenoxy) is 2. The minimum atomic E-state index is -0.340. The molecule has 2 aromatic heterocycles. The molecule has 1 aromatic carbocycles. The molecule has 4 rings (SSSR count). The van der Waals surface area contributed by atoms with Crippen LogP contribution in [0, 0.1) is 0 Å². The lowest BCUT2D eigenvalue weighted by Crippen LogP contribution is -2.40. The highest BCUT2D eigenvalue weighted by molar-refractivity contribution is 7.13. The van der Waals surface area contributed by atoms with Crippen molar-refractivity contribution in [1.82, 2.24) is 15.2 Å². The van der Waals surface area contributed by atoms with E-state index < -0.39 is 0 Å². The molecule has 0 radical (unpaired) electrons. The van der Waals surface area contributed by atoms with Gasteiger partial charge in [0.2, 0.25) is 24.5 Å². The van der Waals surface area contributed by atoms with Crippen LogP contribution >= 0.6 is 11.3 Å². The molecule has 11 heteroatoms. The maximum atomic E-state index is 12.9. The van der Waals surface area contributed by atoms with Crippen LogP contribution in [0.1, 0.15) is 24.2 Å². The zero-order valence-electron chi connectivity index (χ0n) is 17.6. The molecule has 10 nitrogen and oxygen atoms in total. The Labute approximate surface area is 193 Å². The van der Waals surface area contributed by atoms with Crippen molar-refractivity contribution in [3.05, 3.63) is 59.5 Å². The summed E-state index contributed by atoms with van der Waals surface area (Å²) in [4.78, 5) is 43.0. The molecular formula is C22H22N4O6S. The number of nitrogens with zero attached hydrogens (tertiary/aromatic N) is 2. The number of aromatic nitrogens is 1. The third-order valence-corrected chi connectivity index (χ3v) is 5.47. The predicted molar refractivity (Wildman–Crippen MR) is 119 cm³/mol. The summed E-state index contributed by atoms with van der Waals surface area (Å²) in [5.74, 6) is 0.846. The average Bonchev–Trinajstić information content (AvgIpc) is 3.58. The Morgan fingerprint density at radius 3 is 2.76 bits per heavy atom. The summed E-state index contributed by atoms with van der Waals surface area (Å²) in [5.41, 5.74) is 0.777. The quantitative estimate of drug-likeness (QED) is 0.467. The van der Waals surface area contributed by atoms with Gasteiger partial charge in [-0.25, -0.2) is 4.98 Å². The summed E-state index contributed by atoms with van der Waals surface area (Å²) < 4.78 is 15.9. The van der Waals surface area contributed by atoms with E-state index in [0.29, 0.717) is 22.4 Å². The number of amides is 3. The topological polar surface area (TPSA) is 123 Å². The Hall–Kier alpha value is -3.86. The molecule has 0 bridgehead atoms. The van der Waals surface area contributed by atoms with Crippen LogP contribution in [0.15, 0.2) is 52.6 Å². The number of carbonyl (C=O) groups is 3. The number of rotatable bonds is 10. The van der Waals surface area contributed by atoms with E-state index in [1.165, 1.54) is 22.5 Å². The van der Waals surface area contributed by atoms with E-state index >= 15 is 0 Å². The SMILES string of the molecule is O=C(CN(Cc1ccc2c(c1)OCO2)C(=O)CCC(=O)Nc1nccs1)NCc1ccco1. The van der Waals surface area contributed by atoms with E-state index in [1.54, 1.807) is 35.8 Å². The summed E-state index contributed by atoms with van der Waals surface area (Å²) in [7, 11) is 0. The first-order valence-corrected chi connectivity index (χ1v) is 11.1. The van der Waals surface area contributed by atoms with Crippen LogP contribution in [0.5, 0.6) is 11.5 Å². The van der Waals surface area contributed by atoms with Gasteiger partial charge >= 0.3 is 0 Å². The minimum Gasteiger partial charge on any atom is -0.467 e. The maximum absolute atomic E-state index is 12.9. The van der Waals surface area contributed by atoms with Crippen molar-refractivity contribution >= 4 is 34.2 Å². The second kappa shape index (κ2) is 10.6. The van der Waals surface area contributed by atoms with Crippen LogP contribution in [0.2, 0.25) is 0 Å². The van der Waals surface area contributed by atoms with Gasteiger partial charge in [0, 0.05) is 31.0 Å². The van der Waals surface area contributed by atoms with Gasteiger partial charge in [0.1, 0.15) is 5.76 Å². The monoisotopic (exact) mass is 470 g/mol. The van der Waals surface area contributed by atoms with Crippen LogP contribution in [0.3, 0.4) is 0 Å². The lowest BCUT2D eigenvalue weighted by Gasteiger charge is -2.22. The third-order valence-electron chi connectivity index (χ3n) is 4.78. The smallest absolute Gasteiger partial charge is 0.240 e. The summed E-state index contributed by atoms with van der Waals surface area (Å²) in [6.07, 6.45) is 3.03. The van der Waals surface area contributed by atoms with Gasteiger partial charge in [-0.15, -0.1) is 11.3 Å². The highest BCUT2D eigenvalue weighted by atomic mass is 32.1. The maximum Gasteiger partial charge on any atom is 0.240 e. The summed E-state index contributed by atoms with van der Waals surface area (Å²) in [6, 6.07) is 8.83. The first-order valence-electron chi connectivity index (χ1n) is 10.2. The van der Waals surface area contributed by atoms with Gasteiger partial charge < -0.3 is 29.4 Å². The van der Waals surface area contributed by atoms with Crippen molar-refractivity contribution in [3.8, 4) is 11.5 Å². The van der Waals surface area contributed by atoms with Crippen molar-refractivity contribution in [1.29, 1.82) is 0 Å². The van der Waals surface area contributed by atoms with E-state index in [4.69, 9.17) is 13.9 Å². The molecule has 0 aliphatic carbocycles. The van der Waals surface area contributed by atoms with Gasteiger partial charge in [0.05, 0.1) is 19.4 Å². The molecule has 0 fully saturated rings. The normalized spacial score (nSPS) is 11.8. The van der Waals surface area contributed by atoms with E-state index in [-0.39, 0.29) is 57.0 Å². The molecule has 0 saturated carbocycles. The van der Waals surface area contributed by atoms with Crippen LogP contribution in [-0.2, 0) is 27.5 Å². The van der Waals surface area contributed by atoms with Crippen molar-refractivity contribution in [3.63, 3.8) is 0 Å². The highest BCUT2D eigenvalue weighted by Crippen LogP contribution is 2.32. The van der Waals surface area contributed by atoms with E-state index in [9.17, 15) is 14.4 Å². The number of nitrogens with one attached hydrogen (secondary N) is 2. The number of carbonyl (C=O) groups excluding carboxylic acids is 3. The zero-order chi connectivity index (χ0) is 23.0. The van der Waals surface area contributed by atoms with Gasteiger partial charge in [-0.1, -0.05) is 6.07 Å². The molecule has 2 N–H and O–H groups in total. The van der Waals surface area contributed by atoms with Gasteiger partial charge in [0.25, 0.3) is 0 Å². The molecular weight excluding hydrogens is 448 g/mol. The van der Waals surface area contributed by atoms with Crippen molar-refractivity contribution < 1.29 is 28.3 Å². The zero-order valence-corrected chi connectivity index (χ0v) is 18.4. The molecule has 33 heavy (non-hydrogen) atoms. The fraction of sp³-hybridized carbons (Fsp3) is 0.273. The number of thiazole rings is 1. The van der Waals surface area contributed by atoms with Crippen molar-refractivity contribution in [2.75, 3.05) is 18.7 Å². The van der Waals surface area contributed by atoms with E-state index in [0.717, 1.165) is 5.56 Å². The van der Waals surface area contributed by atoms with Gasteiger partial charge in [-0.2, -0.15) is 0 Å². The Morgan fingerprint density at radius 2 is 1.97 bits per heavy atom. The first kappa shape index (κ1) is 22.3. The van der Waals surface area contributed by atoms with Crippen LogP contribution in [-0.4, -0.2) is 40.9 Å². The molecule has 0 saturated heterocycles. The van der Waals surface area contributed by atoms with Crippen molar-refractivity contribution in [2.24, 2.45) is 0 Å².